The fourth-order valence-electron chi connectivity index (χ4n) is 2.05. The fourth-order valence-corrected chi connectivity index (χ4v) is 3.21. The predicted molar refractivity (Wildman–Crippen MR) is 86.7 cm³/mol. The van der Waals surface area contributed by atoms with Gasteiger partial charge in [0.2, 0.25) is 11.3 Å². The van der Waals surface area contributed by atoms with Gasteiger partial charge in [-0.1, -0.05) is 17.7 Å². The normalized spacial score (nSPS) is 21.1. The minimum Gasteiger partial charge on any atom is -0.612 e. The largest absolute Gasteiger partial charge is 0.612 e. The van der Waals surface area contributed by atoms with E-state index in [1.807, 2.05) is 6.08 Å². The zero-order valence-electron chi connectivity index (χ0n) is 11.2. The molecule has 0 spiro atoms. The molecule has 1 aliphatic heterocycles. The van der Waals surface area contributed by atoms with Gasteiger partial charge in [0.1, 0.15) is 5.35 Å². The van der Waals surface area contributed by atoms with Crippen LogP contribution in [0.3, 0.4) is 0 Å². The number of hydrogen-bond donors (Lipinski definition) is 1. The number of aromatic nitrogens is 1. The molecule has 0 amide bonds. The van der Waals surface area contributed by atoms with Crippen LogP contribution in [-0.4, -0.2) is 21.4 Å². The van der Waals surface area contributed by atoms with Crippen LogP contribution < -0.4 is 16.5 Å². The average molecular weight is 338 g/mol. The molecule has 0 saturated carbocycles. The monoisotopic (exact) mass is 337 g/mol. The Morgan fingerprint density at radius 3 is 2.86 bits per heavy atom. The zero-order chi connectivity index (χ0) is 15.7. The van der Waals surface area contributed by atoms with Crippen molar-refractivity contribution in [1.29, 1.82) is 0 Å². The van der Waals surface area contributed by atoms with Gasteiger partial charge in [0.25, 0.3) is 0 Å². The predicted octanol–water partition coefficient (Wildman–Crippen LogP) is 1.06. The van der Waals surface area contributed by atoms with E-state index in [2.05, 4.69) is 4.98 Å². The molecule has 22 heavy (non-hydrogen) atoms. The van der Waals surface area contributed by atoms with Crippen LogP contribution >= 0.6 is 23.4 Å². The number of thioether (sulfide) groups is 1. The fraction of sp³-hybridized carbons (Fsp3) is 0.143. The highest BCUT2D eigenvalue weighted by molar-refractivity contribution is 8.03. The average Bonchev–Trinajstić information content (AvgIpc) is 3.10. The van der Waals surface area contributed by atoms with E-state index in [1.54, 1.807) is 17.8 Å². The van der Waals surface area contributed by atoms with Crippen molar-refractivity contribution < 1.29 is 9.32 Å². The maximum absolute atomic E-state index is 11.9. The summed E-state index contributed by atoms with van der Waals surface area (Å²) in [5, 5.41) is 21.9. The molecule has 3 rings (SSSR count). The third-order valence-corrected chi connectivity index (χ3v) is 4.46. The molecule has 1 aromatic heterocycles. The van der Waals surface area contributed by atoms with E-state index in [0.717, 1.165) is 17.1 Å². The van der Waals surface area contributed by atoms with Crippen LogP contribution in [-0.2, 0) is 0 Å². The van der Waals surface area contributed by atoms with Gasteiger partial charge in [0.05, 0.1) is 10.6 Å². The van der Waals surface area contributed by atoms with Crippen LogP contribution in [0.1, 0.15) is 6.42 Å². The molecule has 2 heterocycles. The number of H-pyrrole nitrogens is 1. The van der Waals surface area contributed by atoms with Gasteiger partial charge in [0.15, 0.2) is 0 Å². The first-order chi connectivity index (χ1) is 10.5. The van der Waals surface area contributed by atoms with Gasteiger partial charge in [-0.2, -0.15) is 4.90 Å². The highest BCUT2D eigenvalue weighted by Crippen LogP contribution is 2.25. The first kappa shape index (κ1) is 14.8. The number of oxazole rings is 1. The van der Waals surface area contributed by atoms with Gasteiger partial charge < -0.3 is 19.8 Å². The first-order valence-electron chi connectivity index (χ1n) is 6.40. The summed E-state index contributed by atoms with van der Waals surface area (Å²) in [5.41, 5.74) is -0.0448. The smallest absolute Gasteiger partial charge is 0.361 e. The number of allylic oxidation sites excluding steroid dienone is 6. The lowest BCUT2D eigenvalue weighted by molar-refractivity contribution is -0.377. The lowest BCUT2D eigenvalue weighted by Crippen LogP contribution is -2.21. The molecule has 8 heteroatoms. The van der Waals surface area contributed by atoms with E-state index in [-0.39, 0.29) is 16.3 Å². The van der Waals surface area contributed by atoms with Crippen molar-refractivity contribution in [2.45, 2.75) is 6.42 Å². The van der Waals surface area contributed by atoms with Crippen molar-refractivity contribution in [3.8, 4) is 0 Å². The van der Waals surface area contributed by atoms with Crippen molar-refractivity contribution in [3.05, 3.63) is 66.0 Å². The Balaban J connectivity index is 2.11. The van der Waals surface area contributed by atoms with Crippen LogP contribution in [0.4, 0.5) is 0 Å². The minimum absolute atomic E-state index is 0.123. The van der Waals surface area contributed by atoms with Crippen LogP contribution in [0.5, 0.6) is 0 Å². The van der Waals surface area contributed by atoms with E-state index < -0.39 is 10.5 Å². The number of hydrogen-bond acceptors (Lipinski definition) is 5. The molecule has 0 radical (unpaired) electrons. The third kappa shape index (κ3) is 2.90. The highest BCUT2D eigenvalue weighted by atomic mass is 35.5. The van der Waals surface area contributed by atoms with Crippen molar-refractivity contribution in [1.82, 2.24) is 4.98 Å². The number of aromatic amines is 1. The molecule has 0 atom stereocenters. The molecule has 0 saturated heterocycles. The van der Waals surface area contributed by atoms with Gasteiger partial charge in [-0.25, -0.2) is 4.79 Å². The summed E-state index contributed by atoms with van der Waals surface area (Å²) in [5.74, 6) is 0.999. The van der Waals surface area contributed by atoms with Gasteiger partial charge in [-0.05, 0) is 18.6 Å². The number of nitrogens with zero attached hydrogens (tertiary/aromatic N) is 1. The van der Waals surface area contributed by atoms with Crippen molar-refractivity contribution >= 4 is 40.7 Å². The number of halogens is 1. The van der Waals surface area contributed by atoms with Crippen molar-refractivity contribution in [2.24, 2.45) is 0 Å². The van der Waals surface area contributed by atoms with Gasteiger partial charge in [-0.15, -0.1) is 11.8 Å². The second-order valence-electron chi connectivity index (χ2n) is 4.57. The summed E-state index contributed by atoms with van der Waals surface area (Å²) in [6.07, 6.45) is 8.72. The second kappa shape index (κ2) is 5.94. The van der Waals surface area contributed by atoms with Crippen LogP contribution in [0, 0.1) is 10.4 Å². The molecular weight excluding hydrogens is 328 g/mol. The maximum Gasteiger partial charge on any atom is 0.361 e. The highest BCUT2D eigenvalue weighted by Gasteiger charge is 2.14. The molecule has 114 valence electrons. The summed E-state index contributed by atoms with van der Waals surface area (Å²) in [7, 11) is 0. The molecule has 1 N–H and O–H groups in total. The Morgan fingerprint density at radius 2 is 2.23 bits per heavy atom. The lowest BCUT2D eigenvalue weighted by Gasteiger charge is -2.09. The van der Waals surface area contributed by atoms with E-state index in [1.165, 1.54) is 18.2 Å². The SMILES string of the molecule is O=c1oc(=C2C=CC(=[N+]([O-])[O-])C=C2Cl)[nH]/c1=C\C1=CCCS1. The van der Waals surface area contributed by atoms with E-state index in [0.29, 0.717) is 10.9 Å². The molecule has 6 nitrogen and oxygen atoms in total. The van der Waals surface area contributed by atoms with Gasteiger partial charge >= 0.3 is 5.63 Å². The zero-order valence-corrected chi connectivity index (χ0v) is 12.7. The summed E-state index contributed by atoms with van der Waals surface area (Å²) < 4.78 is 5.16. The summed E-state index contributed by atoms with van der Waals surface area (Å²) in [6, 6.07) is 0. The maximum atomic E-state index is 11.9. The van der Waals surface area contributed by atoms with E-state index >= 15 is 0 Å². The molecular formula is C14H10ClN2O4S-. The summed E-state index contributed by atoms with van der Waals surface area (Å²) in [4.78, 5) is 15.2. The van der Waals surface area contributed by atoms with E-state index in [4.69, 9.17) is 16.0 Å². The third-order valence-electron chi connectivity index (χ3n) is 3.09. The molecule has 0 bridgehead atoms. The van der Waals surface area contributed by atoms with Gasteiger partial charge in [0, 0.05) is 22.8 Å². The quantitative estimate of drug-likeness (QED) is 0.610. The van der Waals surface area contributed by atoms with Crippen molar-refractivity contribution in [3.63, 3.8) is 0 Å². The van der Waals surface area contributed by atoms with Crippen molar-refractivity contribution in [2.75, 3.05) is 5.75 Å². The van der Waals surface area contributed by atoms with Crippen LogP contribution in [0.2, 0.25) is 0 Å². The Hall–Kier alpha value is -2.12. The molecule has 0 aromatic carbocycles. The Morgan fingerprint density at radius 1 is 1.41 bits per heavy atom. The molecule has 1 aromatic rings. The Kier molecular flexibility index (Phi) is 4.00. The minimum atomic E-state index is -0.538. The Bertz CT molecular complexity index is 913. The molecule has 0 unspecified atom stereocenters. The summed E-state index contributed by atoms with van der Waals surface area (Å²) >= 11 is 7.69. The molecule has 1 aliphatic carbocycles. The number of rotatable bonds is 1. The molecule has 0 fully saturated rings. The second-order valence-corrected chi connectivity index (χ2v) is 6.14. The lowest BCUT2D eigenvalue weighted by atomic mass is 10.1. The first-order valence-corrected chi connectivity index (χ1v) is 7.76. The number of nitrogens with one attached hydrogen (secondary N) is 1. The van der Waals surface area contributed by atoms with Crippen LogP contribution in [0.15, 0.2) is 43.5 Å². The van der Waals surface area contributed by atoms with E-state index in [9.17, 15) is 15.2 Å². The standard InChI is InChI=1S/C14H10ClN2O4S/c15-11-6-8(17(19)20)3-4-10(11)13-16-12(14(18)21-13)7-9-2-1-5-22-9/h2-4,6-7,16H,1,5H2/q-1/b12-7-,13-10?. The van der Waals surface area contributed by atoms with Crippen LogP contribution in [0.25, 0.3) is 11.6 Å². The summed E-state index contributed by atoms with van der Waals surface area (Å²) in [6.45, 7) is 0. The molecule has 2 aliphatic rings. The topological polar surface area (TPSA) is 95.1 Å². The Labute approximate surface area is 133 Å². The van der Waals surface area contributed by atoms with Gasteiger partial charge in [-0.3, -0.25) is 0 Å².